The standard InChI is InChI=1S/C24H35NO5/c1-16-6-9-20-23(2,11-5-12-24(20,3)22(28)29-4)18(16)8-7-17-10-13-30-19(17)14-25-15-21(26)27/h10,13,18,20,25H,1,5-9,11-12,14-15H2,2-4H3,(H,26,27)/t18-,20-,23+,24-/m0/s1. The van der Waals surface area contributed by atoms with E-state index in [1.807, 2.05) is 6.07 Å². The number of carbonyl (C=O) groups excluding carboxylic acids is 2. The highest BCUT2D eigenvalue weighted by molar-refractivity contribution is 5.77. The number of aryl methyl sites for hydroxylation is 1. The van der Waals surface area contributed by atoms with Gasteiger partial charge in [0, 0.05) is 0 Å². The fraction of sp³-hybridized carbons (Fsp3) is 0.667. The van der Waals surface area contributed by atoms with E-state index in [-0.39, 0.29) is 17.9 Å². The highest BCUT2D eigenvalue weighted by Gasteiger charge is 2.57. The number of hydrogen-bond acceptors (Lipinski definition) is 5. The van der Waals surface area contributed by atoms with Crippen LogP contribution in [0.5, 0.6) is 0 Å². The summed E-state index contributed by atoms with van der Waals surface area (Å²) in [5.74, 6) is 0.302. The Bertz CT molecular complexity index is 799. The summed E-state index contributed by atoms with van der Waals surface area (Å²) in [6.07, 6.45) is 8.44. The van der Waals surface area contributed by atoms with Crippen molar-refractivity contribution < 1.29 is 29.2 Å². The van der Waals surface area contributed by atoms with Crippen LogP contribution >= 0.6 is 0 Å². The van der Waals surface area contributed by atoms with E-state index in [2.05, 4.69) is 20.4 Å². The second-order valence-corrected chi connectivity index (χ2v) is 9.55. The lowest BCUT2D eigenvalue weighted by Gasteiger charge is -2.57. The summed E-state index contributed by atoms with van der Waals surface area (Å²) in [6, 6.07) is 1.98. The number of esters is 1. The Morgan fingerprint density at radius 3 is 2.83 bits per heavy atom. The molecule has 0 radical (unpaired) electrons. The number of ether oxygens (including phenoxy) is 1. The zero-order valence-electron chi connectivity index (χ0n) is 18.5. The Balaban J connectivity index is 1.74. The number of carbonyl (C=O) groups is 2. The van der Waals surface area contributed by atoms with E-state index < -0.39 is 11.4 Å². The van der Waals surface area contributed by atoms with Crippen molar-refractivity contribution >= 4 is 11.9 Å². The molecule has 0 amide bonds. The van der Waals surface area contributed by atoms with E-state index in [1.54, 1.807) is 11.6 Å². The number of methoxy groups -OCH3 is 1. The molecule has 2 fully saturated rings. The average Bonchev–Trinajstić information content (AvgIpc) is 3.13. The summed E-state index contributed by atoms with van der Waals surface area (Å²) in [5.41, 5.74) is 2.01. The second kappa shape index (κ2) is 8.96. The first-order chi connectivity index (χ1) is 14.2. The molecule has 0 aromatic carbocycles. The second-order valence-electron chi connectivity index (χ2n) is 9.55. The van der Waals surface area contributed by atoms with Gasteiger partial charge in [-0.05, 0) is 74.3 Å². The minimum absolute atomic E-state index is 0.0293. The monoisotopic (exact) mass is 417 g/mol. The molecule has 4 atom stereocenters. The quantitative estimate of drug-likeness (QED) is 0.515. The summed E-state index contributed by atoms with van der Waals surface area (Å²) in [5, 5.41) is 12.3. The molecule has 3 rings (SSSR count). The van der Waals surface area contributed by atoms with Crippen molar-refractivity contribution in [2.45, 2.75) is 65.3 Å². The molecule has 1 aromatic rings. The molecular weight excluding hydrogens is 382 g/mol. The van der Waals surface area contributed by atoms with Crippen LogP contribution < -0.4 is 10.4 Å². The molecule has 2 aliphatic rings. The Morgan fingerprint density at radius 1 is 1.37 bits per heavy atom. The zero-order chi connectivity index (χ0) is 21.9. The third kappa shape index (κ3) is 4.20. The third-order valence-electron chi connectivity index (χ3n) is 7.85. The first-order valence-electron chi connectivity index (χ1n) is 11.0. The predicted molar refractivity (Wildman–Crippen MR) is 110 cm³/mol. The van der Waals surface area contributed by atoms with E-state index in [9.17, 15) is 14.7 Å². The number of quaternary nitrogens is 1. The van der Waals surface area contributed by atoms with Crippen molar-refractivity contribution in [2.24, 2.45) is 22.7 Å². The van der Waals surface area contributed by atoms with Gasteiger partial charge in [0.1, 0.15) is 13.1 Å². The number of carboxylic acid groups (broad SMARTS) is 1. The maximum Gasteiger partial charge on any atom is 0.311 e. The van der Waals surface area contributed by atoms with Crippen molar-refractivity contribution in [2.75, 3.05) is 13.7 Å². The highest BCUT2D eigenvalue weighted by atomic mass is 16.5. The van der Waals surface area contributed by atoms with E-state index >= 15 is 0 Å². The Morgan fingerprint density at radius 2 is 2.13 bits per heavy atom. The fourth-order valence-corrected chi connectivity index (χ4v) is 6.35. The molecule has 0 spiro atoms. The van der Waals surface area contributed by atoms with Gasteiger partial charge in [0.2, 0.25) is 0 Å². The number of rotatable bonds is 8. The van der Waals surface area contributed by atoms with Crippen LogP contribution in [0.3, 0.4) is 0 Å². The van der Waals surface area contributed by atoms with Crippen LogP contribution in [0.25, 0.3) is 0 Å². The van der Waals surface area contributed by atoms with Gasteiger partial charge in [0.05, 0.1) is 24.8 Å². The third-order valence-corrected chi connectivity index (χ3v) is 7.85. The maximum atomic E-state index is 12.7. The van der Waals surface area contributed by atoms with Crippen LogP contribution in [0.15, 0.2) is 28.9 Å². The molecule has 1 aromatic heterocycles. The van der Waals surface area contributed by atoms with Gasteiger partial charge in [-0.1, -0.05) is 25.5 Å². The molecule has 0 bridgehead atoms. The number of nitrogens with two attached hydrogens (primary N) is 1. The molecule has 0 saturated heterocycles. The molecule has 2 aliphatic carbocycles. The molecule has 0 unspecified atom stereocenters. The lowest BCUT2D eigenvalue weighted by Crippen LogP contribution is -2.85. The molecule has 1 heterocycles. The van der Waals surface area contributed by atoms with Crippen LogP contribution in [-0.2, 0) is 27.3 Å². The Labute approximate surface area is 179 Å². The summed E-state index contributed by atoms with van der Waals surface area (Å²) in [6.45, 7) is 9.26. The number of furan rings is 1. The Kier molecular flexibility index (Phi) is 6.75. The minimum atomic E-state index is -1.08. The number of hydrogen-bond donors (Lipinski definition) is 1. The van der Waals surface area contributed by atoms with Gasteiger partial charge in [-0.15, -0.1) is 0 Å². The lowest BCUT2D eigenvalue weighted by molar-refractivity contribution is -0.667. The van der Waals surface area contributed by atoms with Crippen LogP contribution in [0.2, 0.25) is 0 Å². The topological polar surface area (TPSA) is 96.2 Å². The van der Waals surface area contributed by atoms with E-state index in [0.717, 1.165) is 56.3 Å². The van der Waals surface area contributed by atoms with E-state index in [1.165, 1.54) is 12.7 Å². The van der Waals surface area contributed by atoms with Gasteiger partial charge in [-0.2, -0.15) is 0 Å². The smallest absolute Gasteiger partial charge is 0.311 e. The number of allylic oxidation sites excluding steroid dienone is 1. The molecule has 2 saturated carbocycles. The van der Waals surface area contributed by atoms with Crippen LogP contribution in [0.4, 0.5) is 0 Å². The highest BCUT2D eigenvalue weighted by Crippen LogP contribution is 2.62. The minimum Gasteiger partial charge on any atom is -0.544 e. The number of carboxylic acids is 1. The van der Waals surface area contributed by atoms with Gasteiger partial charge < -0.3 is 24.4 Å². The fourth-order valence-electron chi connectivity index (χ4n) is 6.35. The zero-order valence-corrected chi connectivity index (χ0v) is 18.5. The molecular formula is C24H35NO5. The van der Waals surface area contributed by atoms with Crippen molar-refractivity contribution in [3.63, 3.8) is 0 Å². The van der Waals surface area contributed by atoms with Crippen molar-refractivity contribution in [3.8, 4) is 0 Å². The first-order valence-corrected chi connectivity index (χ1v) is 11.0. The number of fused-ring (bicyclic) bond motifs is 1. The average molecular weight is 418 g/mol. The SMILES string of the molecule is C=C1CC[C@H]2[C@](C)(CCC[C@]2(C)C(=O)OC)[C@H]1CCc1ccoc1C[NH2+]CC(=O)[O-]. The molecule has 0 aliphatic heterocycles. The van der Waals surface area contributed by atoms with Crippen molar-refractivity contribution in [1.82, 2.24) is 0 Å². The van der Waals surface area contributed by atoms with Gasteiger partial charge in [0.25, 0.3) is 0 Å². The van der Waals surface area contributed by atoms with Crippen LogP contribution in [-0.4, -0.2) is 25.6 Å². The number of aliphatic carboxylic acids is 1. The lowest BCUT2D eigenvalue weighted by atomic mass is 9.46. The maximum absolute atomic E-state index is 12.7. The molecule has 6 nitrogen and oxygen atoms in total. The van der Waals surface area contributed by atoms with Crippen LogP contribution in [0.1, 0.15) is 63.7 Å². The Hall–Kier alpha value is -2.08. The molecule has 2 N–H and O–H groups in total. The van der Waals surface area contributed by atoms with Crippen molar-refractivity contribution in [3.05, 3.63) is 35.8 Å². The predicted octanol–water partition coefficient (Wildman–Crippen LogP) is 1.98. The molecule has 166 valence electrons. The van der Waals surface area contributed by atoms with Gasteiger partial charge in [-0.3, -0.25) is 4.79 Å². The van der Waals surface area contributed by atoms with Gasteiger partial charge >= 0.3 is 5.97 Å². The summed E-state index contributed by atoms with van der Waals surface area (Å²) in [7, 11) is 1.50. The molecule has 30 heavy (non-hydrogen) atoms. The first kappa shape index (κ1) is 22.6. The van der Waals surface area contributed by atoms with Crippen molar-refractivity contribution in [1.29, 1.82) is 0 Å². The van der Waals surface area contributed by atoms with Crippen LogP contribution in [0, 0.1) is 22.7 Å². The van der Waals surface area contributed by atoms with E-state index in [4.69, 9.17) is 9.15 Å². The molecule has 6 heteroatoms. The van der Waals surface area contributed by atoms with E-state index in [0.29, 0.717) is 18.4 Å². The normalized spacial score (nSPS) is 31.2. The largest absolute Gasteiger partial charge is 0.544 e. The summed E-state index contributed by atoms with van der Waals surface area (Å²) < 4.78 is 10.8. The van der Waals surface area contributed by atoms with Gasteiger partial charge in [-0.25, -0.2) is 0 Å². The summed E-state index contributed by atoms with van der Waals surface area (Å²) >= 11 is 0. The summed E-state index contributed by atoms with van der Waals surface area (Å²) in [4.78, 5) is 23.4. The van der Waals surface area contributed by atoms with Gasteiger partial charge in [0.15, 0.2) is 5.76 Å².